The number of nitrogens with zero attached hydrogens (tertiary/aromatic N) is 5. The summed E-state index contributed by atoms with van der Waals surface area (Å²) in [7, 11) is 7.52. The van der Waals surface area contributed by atoms with Gasteiger partial charge in [-0.3, -0.25) is 71.4 Å². The number of hydrogen-bond donors (Lipinski definition) is 0. The van der Waals surface area contributed by atoms with Crippen LogP contribution in [0.1, 0.15) is 296 Å². The minimum atomic E-state index is -0.428. The highest BCUT2D eigenvalue weighted by atomic mass is 16.7. The number of imide groups is 2. The Morgan fingerprint density at radius 2 is 0.621 bits per heavy atom. The molecule has 0 N–H and O–H groups in total. The molecule has 24 unspecified atom stereocenters. The molecular weight excluding hydrogens is 1550 g/mol. The van der Waals surface area contributed by atoms with Crippen molar-refractivity contribution in [1.29, 1.82) is 0 Å². The molecule has 1 spiro atoms. The minimum Gasteiger partial charge on any atom is -0.347 e. The van der Waals surface area contributed by atoms with Crippen LogP contribution in [0.3, 0.4) is 0 Å². The standard InChI is InChI=1S/C17H23NO2.C15H15NO2.C15H24O2.C14H12N2O4.C14H24.C11H11NO2.C11H20.C10H18/c1-8-4-10-11-5-9(2)7-13(11)15-14(12(10)6-8)16(19)18(3)17(15)20;1-8-4-10-11-5-9(2)7-13(11)15(18)16(3)14(17)12(10)6-8;1-9-5-11-12-6-10(2)8-14(12)15(13(11)7-9)16-3-4-17-15;1-5-7-9(13(19)15(3)11(7)17)6(2)10-8(5)12(18)16(4)14(10)20;1-9-11-5-3-7-13(11)10(2)14-8-4-6-12(9)14;1-6-4-5-7(2)9-8(6)10(13)12(3)11(9)14;1-8-6-7-9(2)11-5-3-4-10(8)11;1-7-6-8(2)10-5-3-4-9(7)10/h8-13H,4-7H2,1-3H3;6-7H,4-5H2,1-3H3;9-14H,3-8H2,1-2H3;1-4H3;9-14H,3-8H2,1-2H3;4-5H,1-3H3;8-11H,3-7H2,1-2H3;7-10H,3-6H2,1-2H3. The van der Waals surface area contributed by atoms with E-state index in [0.717, 1.165) is 188 Å². The zero-order chi connectivity index (χ0) is 88.9. The molecule has 12 saturated carbocycles. The first-order valence-electron chi connectivity index (χ1n) is 49.1. The lowest BCUT2D eigenvalue weighted by Crippen LogP contribution is -2.41. The van der Waals surface area contributed by atoms with Crippen LogP contribution in [0.15, 0.2) is 63.2 Å². The summed E-state index contributed by atoms with van der Waals surface area (Å²) in [5, 5.41) is 0.964. The highest BCUT2D eigenvalue weighted by Crippen LogP contribution is 2.67. The van der Waals surface area contributed by atoms with E-state index < -0.39 is 22.2 Å². The second-order valence-electron chi connectivity index (χ2n) is 44.3. The van der Waals surface area contributed by atoms with Crippen molar-refractivity contribution in [1.82, 2.24) is 23.5 Å². The summed E-state index contributed by atoms with van der Waals surface area (Å²) >= 11 is 0. The van der Waals surface area contributed by atoms with Crippen LogP contribution < -0.4 is 33.4 Å². The monoisotopic (exact) mass is 1690 g/mol. The molecule has 0 bridgehead atoms. The summed E-state index contributed by atoms with van der Waals surface area (Å²) in [5.41, 5.74) is 9.36. The predicted molar refractivity (Wildman–Crippen MR) is 494 cm³/mol. The van der Waals surface area contributed by atoms with Gasteiger partial charge in [-0.25, -0.2) is 0 Å². The zero-order valence-corrected chi connectivity index (χ0v) is 79.0. The number of hydrogen-bond acceptors (Lipinski definition) is 12. The maximum absolute atomic E-state index is 12.5. The lowest BCUT2D eigenvalue weighted by Gasteiger charge is -2.45. The third-order valence-electron chi connectivity index (χ3n) is 36.8. The van der Waals surface area contributed by atoms with Crippen molar-refractivity contribution in [2.75, 3.05) is 27.3 Å². The summed E-state index contributed by atoms with van der Waals surface area (Å²) in [6, 6.07) is 3.75. The van der Waals surface area contributed by atoms with Crippen LogP contribution >= 0.6 is 0 Å². The normalized spacial score (nSPS) is 36.3. The molecule has 6 heterocycles. The summed E-state index contributed by atoms with van der Waals surface area (Å²) < 4.78 is 15.7. The molecule has 4 amide bonds. The van der Waals surface area contributed by atoms with Crippen molar-refractivity contribution in [2.45, 2.75) is 277 Å². The Morgan fingerprint density at radius 1 is 0.323 bits per heavy atom. The van der Waals surface area contributed by atoms with E-state index in [2.05, 4.69) is 69.2 Å². The van der Waals surface area contributed by atoms with Crippen molar-refractivity contribution < 1.29 is 28.7 Å². The van der Waals surface area contributed by atoms with Crippen molar-refractivity contribution in [3.63, 3.8) is 0 Å². The number of allylic oxidation sites excluding steroid dienone is 2. The molecule has 124 heavy (non-hydrogen) atoms. The molecule has 23 rings (SSSR count). The Morgan fingerprint density at radius 3 is 0.968 bits per heavy atom. The third-order valence-corrected chi connectivity index (χ3v) is 36.8. The van der Waals surface area contributed by atoms with E-state index in [4.69, 9.17) is 9.47 Å². The van der Waals surface area contributed by atoms with Crippen LogP contribution in [-0.2, 0) is 53.0 Å². The number of likely N-dealkylation sites (N-methyl/N-ethyl adjacent to an activating group) is 1. The van der Waals surface area contributed by atoms with Gasteiger partial charge < -0.3 is 9.47 Å². The molecule has 18 aliphatic rings. The van der Waals surface area contributed by atoms with Crippen LogP contribution in [0, 0.1) is 182 Å². The lowest BCUT2D eigenvalue weighted by molar-refractivity contribution is -0.213. The second-order valence-corrected chi connectivity index (χ2v) is 44.3. The first-order chi connectivity index (χ1) is 58.9. The van der Waals surface area contributed by atoms with Crippen LogP contribution in [-0.4, -0.2) is 80.2 Å². The number of aryl methyl sites for hydroxylation is 4. The Hall–Kier alpha value is -7.24. The topological polar surface area (TPSA) is 210 Å². The number of fused-ring (bicyclic) bond motifs is 20. The van der Waals surface area contributed by atoms with Gasteiger partial charge in [0.1, 0.15) is 0 Å². The molecule has 2 aromatic carbocycles. The minimum absolute atomic E-state index is 0.00658. The fourth-order valence-corrected chi connectivity index (χ4v) is 31.0. The molecular formula is C107H147N5O12. The molecule has 0 radical (unpaired) electrons. The van der Waals surface area contributed by atoms with Crippen molar-refractivity contribution in [2.24, 2.45) is 175 Å². The molecule has 3 aromatic heterocycles. The summed E-state index contributed by atoms with van der Waals surface area (Å²) in [4.78, 5) is 124. The van der Waals surface area contributed by atoms with Gasteiger partial charge in [-0.2, -0.15) is 0 Å². The molecule has 24 atom stereocenters. The molecule has 13 fully saturated rings. The SMILES string of the molecule is CC1=Cc2c(c3c(c(=O)n(C)c2=O)C=C(C)C3)C1.CC1C2CCCC2C(C)C2CCCC12.CC1CC(C)C2CCCC12.CC1CC2C3=C(C(=O)N(C)C3=O)C3CC(C)CC3C2C1.CC1CC2C3CC(C)CC3C3(OCCO3)C2C1.CC1CCC(C)C2CCCC12.Cc1c2c(=O)n(C)c(=O)c2c(C)c2c(=O)n(C)c(=O)c12.Cc1ccc(C)c2c1C(=O)N(C)C2=O. The maximum Gasteiger partial charge on any atom is 0.261 e. The van der Waals surface area contributed by atoms with E-state index in [9.17, 15) is 47.9 Å². The first kappa shape index (κ1) is 90.1. The molecule has 17 heteroatoms. The molecule has 5 aromatic rings. The Kier molecular flexibility index (Phi) is 25.4. The molecule has 672 valence electrons. The van der Waals surface area contributed by atoms with Crippen LogP contribution in [0.25, 0.3) is 33.7 Å². The fourth-order valence-electron chi connectivity index (χ4n) is 31.0. The van der Waals surface area contributed by atoms with Gasteiger partial charge in [0, 0.05) is 69.3 Å². The third kappa shape index (κ3) is 15.3. The number of carbonyl (C=O) groups excluding carboxylic acids is 4. The number of aromatic nitrogens is 3. The van der Waals surface area contributed by atoms with E-state index >= 15 is 0 Å². The van der Waals surface area contributed by atoms with Crippen molar-refractivity contribution >= 4 is 57.3 Å². The average Bonchev–Trinajstić information content (AvgIpc) is 1.53. The summed E-state index contributed by atoms with van der Waals surface area (Å²) in [5.74, 6) is 23.1. The zero-order valence-electron chi connectivity index (χ0n) is 79.0. The lowest BCUT2D eigenvalue weighted by atomic mass is 9.60. The van der Waals surface area contributed by atoms with Gasteiger partial charge in [0.2, 0.25) is 0 Å². The summed E-state index contributed by atoms with van der Waals surface area (Å²) in [6.07, 6.45) is 38.7. The van der Waals surface area contributed by atoms with E-state index in [1.54, 1.807) is 53.6 Å². The van der Waals surface area contributed by atoms with E-state index in [0.29, 0.717) is 80.7 Å². The molecule has 3 aliphatic heterocycles. The highest BCUT2D eigenvalue weighted by Gasteiger charge is 2.67. The quantitative estimate of drug-likeness (QED) is 0.133. The number of rotatable bonds is 0. The van der Waals surface area contributed by atoms with E-state index in [1.807, 2.05) is 52.0 Å². The number of ether oxygens (including phenoxy) is 2. The van der Waals surface area contributed by atoms with Crippen molar-refractivity contribution in [3.8, 4) is 0 Å². The van der Waals surface area contributed by atoms with Gasteiger partial charge in [-0.15, -0.1) is 0 Å². The Balaban J connectivity index is 0.000000106. The highest BCUT2D eigenvalue weighted by molar-refractivity contribution is 6.22. The van der Waals surface area contributed by atoms with Crippen LogP contribution in [0.4, 0.5) is 0 Å². The van der Waals surface area contributed by atoms with Gasteiger partial charge >= 0.3 is 0 Å². The van der Waals surface area contributed by atoms with Crippen LogP contribution in [0.5, 0.6) is 0 Å². The maximum atomic E-state index is 12.5. The van der Waals surface area contributed by atoms with Gasteiger partial charge in [-0.05, 0) is 351 Å². The fraction of sp³-hybridized carbons (Fsp3) is 0.701. The Labute approximate surface area is 736 Å². The van der Waals surface area contributed by atoms with Crippen molar-refractivity contribution in [3.05, 3.63) is 152 Å². The largest absolute Gasteiger partial charge is 0.347 e. The average molecular weight is 1700 g/mol. The predicted octanol–water partition coefficient (Wildman–Crippen LogP) is 19.1. The summed E-state index contributed by atoms with van der Waals surface area (Å²) in [6.45, 7) is 37.0. The number of carbonyl (C=O) groups is 4. The number of benzene rings is 2. The van der Waals surface area contributed by atoms with Gasteiger partial charge in [0.25, 0.3) is 57.0 Å². The van der Waals surface area contributed by atoms with E-state index in [-0.39, 0.29) is 62.1 Å². The Bertz CT molecular complexity index is 5100. The van der Waals surface area contributed by atoms with E-state index in [1.165, 1.54) is 156 Å². The van der Waals surface area contributed by atoms with Gasteiger partial charge in [0.15, 0.2) is 5.79 Å². The molecule has 17 nitrogen and oxygen atoms in total. The first-order valence-corrected chi connectivity index (χ1v) is 49.1. The van der Waals surface area contributed by atoms with Crippen LogP contribution in [0.2, 0.25) is 0 Å². The van der Waals surface area contributed by atoms with Gasteiger partial charge in [-0.1, -0.05) is 131 Å². The number of amides is 4. The molecule has 1 saturated heterocycles. The van der Waals surface area contributed by atoms with Gasteiger partial charge in [0.05, 0.1) is 45.9 Å². The second kappa shape index (κ2) is 35.0. The smallest absolute Gasteiger partial charge is 0.261 e. The molecule has 15 aliphatic carbocycles.